The van der Waals surface area contributed by atoms with E-state index < -0.39 is 0 Å². The first kappa shape index (κ1) is 12.1. The molecular formula is C12H21N3. The third kappa shape index (κ3) is 4.38. The average molecular weight is 207 g/mol. The summed E-state index contributed by atoms with van der Waals surface area (Å²) in [5.41, 5.74) is 0.352. The molecule has 3 nitrogen and oxygen atoms in total. The summed E-state index contributed by atoms with van der Waals surface area (Å²) in [7, 11) is 0. The minimum atomic E-state index is 0.352. The van der Waals surface area contributed by atoms with Gasteiger partial charge in [0.2, 0.25) is 0 Å². The Labute approximate surface area is 92.3 Å². The number of nitrogens with one attached hydrogen (secondary N) is 1. The Balaban J connectivity index is 2.28. The van der Waals surface area contributed by atoms with Gasteiger partial charge in [-0.25, -0.2) is 9.97 Å². The van der Waals surface area contributed by atoms with Gasteiger partial charge >= 0.3 is 0 Å². The van der Waals surface area contributed by atoms with Crippen LogP contribution in [0.15, 0.2) is 18.5 Å². The van der Waals surface area contributed by atoms with E-state index >= 15 is 0 Å². The van der Waals surface area contributed by atoms with Gasteiger partial charge in [-0.05, 0) is 23.9 Å². The van der Waals surface area contributed by atoms with Crippen LogP contribution < -0.4 is 5.32 Å². The Kier molecular flexibility index (Phi) is 4.21. The molecule has 1 rings (SSSR count). The molecule has 15 heavy (non-hydrogen) atoms. The zero-order valence-corrected chi connectivity index (χ0v) is 10.1. The summed E-state index contributed by atoms with van der Waals surface area (Å²) in [6.45, 7) is 10.8. The van der Waals surface area contributed by atoms with Crippen LogP contribution in [0.2, 0.25) is 0 Å². The van der Waals surface area contributed by atoms with Gasteiger partial charge in [0.1, 0.15) is 5.82 Å². The summed E-state index contributed by atoms with van der Waals surface area (Å²) in [6.07, 6.45) is 3.55. The normalized spacial score (nSPS) is 13.9. The maximum Gasteiger partial charge on any atom is 0.141 e. The molecule has 1 aromatic heterocycles. The van der Waals surface area contributed by atoms with Crippen molar-refractivity contribution in [2.75, 3.05) is 6.54 Å². The van der Waals surface area contributed by atoms with Crippen LogP contribution in [0.4, 0.5) is 0 Å². The fraction of sp³-hybridized carbons (Fsp3) is 0.667. The van der Waals surface area contributed by atoms with E-state index in [2.05, 4.69) is 43.0 Å². The van der Waals surface area contributed by atoms with Crippen molar-refractivity contribution >= 4 is 0 Å². The number of nitrogens with zero attached hydrogens (tertiary/aromatic N) is 2. The lowest BCUT2D eigenvalue weighted by atomic mass is 9.82. The predicted molar refractivity (Wildman–Crippen MR) is 62.4 cm³/mol. The average Bonchev–Trinajstić information content (AvgIpc) is 2.18. The van der Waals surface area contributed by atoms with Crippen molar-refractivity contribution < 1.29 is 0 Å². The van der Waals surface area contributed by atoms with Gasteiger partial charge in [-0.1, -0.05) is 27.7 Å². The van der Waals surface area contributed by atoms with Gasteiger partial charge in [-0.3, -0.25) is 0 Å². The molecule has 84 valence electrons. The van der Waals surface area contributed by atoms with Crippen LogP contribution in [0, 0.1) is 11.3 Å². The highest BCUT2D eigenvalue weighted by Gasteiger charge is 2.19. The number of rotatable bonds is 4. The highest BCUT2D eigenvalue weighted by Crippen LogP contribution is 2.24. The van der Waals surface area contributed by atoms with Crippen molar-refractivity contribution in [1.82, 2.24) is 15.3 Å². The highest BCUT2D eigenvalue weighted by molar-refractivity contribution is 4.88. The summed E-state index contributed by atoms with van der Waals surface area (Å²) in [5.74, 6) is 1.50. The molecule has 0 fully saturated rings. The molecule has 3 heteroatoms. The van der Waals surface area contributed by atoms with Crippen LogP contribution in [0.25, 0.3) is 0 Å². The predicted octanol–water partition coefficient (Wildman–Crippen LogP) is 2.25. The van der Waals surface area contributed by atoms with Gasteiger partial charge in [0.05, 0.1) is 6.54 Å². The fourth-order valence-corrected chi connectivity index (χ4v) is 1.13. The smallest absolute Gasteiger partial charge is 0.141 e. The SMILES string of the molecule is CC(CNCc1ncccn1)C(C)(C)C. The molecule has 1 heterocycles. The first-order valence-corrected chi connectivity index (χ1v) is 5.47. The van der Waals surface area contributed by atoms with Gasteiger partial charge in [-0.15, -0.1) is 0 Å². The van der Waals surface area contributed by atoms with E-state index in [1.165, 1.54) is 0 Å². The molecular weight excluding hydrogens is 186 g/mol. The zero-order chi connectivity index (χ0) is 11.3. The van der Waals surface area contributed by atoms with E-state index in [-0.39, 0.29) is 0 Å². The van der Waals surface area contributed by atoms with Gasteiger partial charge in [0, 0.05) is 12.4 Å². The van der Waals surface area contributed by atoms with Crippen molar-refractivity contribution in [3.05, 3.63) is 24.3 Å². The maximum atomic E-state index is 4.16. The lowest BCUT2D eigenvalue weighted by Gasteiger charge is -2.27. The molecule has 0 aliphatic rings. The van der Waals surface area contributed by atoms with Crippen LogP contribution >= 0.6 is 0 Å². The first-order chi connectivity index (χ1) is 7.00. The first-order valence-electron chi connectivity index (χ1n) is 5.47. The molecule has 0 bridgehead atoms. The third-order valence-corrected chi connectivity index (χ3v) is 2.83. The lowest BCUT2D eigenvalue weighted by molar-refractivity contribution is 0.252. The Morgan fingerprint density at radius 2 is 1.87 bits per heavy atom. The molecule has 0 aromatic carbocycles. The van der Waals surface area contributed by atoms with Crippen molar-refractivity contribution in [3.63, 3.8) is 0 Å². The van der Waals surface area contributed by atoms with Gasteiger partial charge in [0.25, 0.3) is 0 Å². The van der Waals surface area contributed by atoms with Crippen LogP contribution in [-0.2, 0) is 6.54 Å². The summed E-state index contributed by atoms with van der Waals surface area (Å²) < 4.78 is 0. The van der Waals surface area contributed by atoms with Crippen molar-refractivity contribution in [3.8, 4) is 0 Å². The van der Waals surface area contributed by atoms with Crippen molar-refractivity contribution in [2.24, 2.45) is 11.3 Å². The van der Waals surface area contributed by atoms with Crippen LogP contribution in [-0.4, -0.2) is 16.5 Å². The molecule has 0 radical (unpaired) electrons. The molecule has 0 aliphatic carbocycles. The van der Waals surface area contributed by atoms with Crippen molar-refractivity contribution in [1.29, 1.82) is 0 Å². The molecule has 1 N–H and O–H groups in total. The van der Waals surface area contributed by atoms with Crippen LogP contribution in [0.1, 0.15) is 33.5 Å². The zero-order valence-electron chi connectivity index (χ0n) is 10.1. The summed E-state index contributed by atoms with van der Waals surface area (Å²) in [6, 6.07) is 1.83. The molecule has 0 saturated carbocycles. The van der Waals surface area contributed by atoms with E-state index in [9.17, 15) is 0 Å². The number of hydrogen-bond donors (Lipinski definition) is 1. The van der Waals surface area contributed by atoms with Crippen molar-refractivity contribution in [2.45, 2.75) is 34.2 Å². The fourth-order valence-electron chi connectivity index (χ4n) is 1.13. The number of hydrogen-bond acceptors (Lipinski definition) is 3. The van der Waals surface area contributed by atoms with Crippen LogP contribution in [0.3, 0.4) is 0 Å². The molecule has 0 saturated heterocycles. The number of aromatic nitrogens is 2. The Bertz CT molecular complexity index is 277. The minimum absolute atomic E-state index is 0.352. The molecule has 1 atom stereocenters. The second-order valence-corrected chi connectivity index (χ2v) is 5.06. The topological polar surface area (TPSA) is 37.8 Å². The standard InChI is InChI=1S/C12H21N3/c1-10(12(2,3)4)8-13-9-11-14-6-5-7-15-11/h5-7,10,13H,8-9H2,1-4H3. The Hall–Kier alpha value is -0.960. The summed E-state index contributed by atoms with van der Waals surface area (Å²) in [4.78, 5) is 8.33. The van der Waals surface area contributed by atoms with E-state index in [1.807, 2.05) is 6.07 Å². The Morgan fingerprint density at radius 1 is 1.27 bits per heavy atom. The second-order valence-electron chi connectivity index (χ2n) is 5.06. The Morgan fingerprint density at radius 3 is 2.40 bits per heavy atom. The molecule has 1 aromatic rings. The summed E-state index contributed by atoms with van der Waals surface area (Å²) >= 11 is 0. The highest BCUT2D eigenvalue weighted by atomic mass is 15.0. The van der Waals surface area contributed by atoms with E-state index in [4.69, 9.17) is 0 Å². The monoisotopic (exact) mass is 207 g/mol. The molecule has 0 spiro atoms. The van der Waals surface area contributed by atoms with Gasteiger partial charge < -0.3 is 5.32 Å². The van der Waals surface area contributed by atoms with Gasteiger partial charge in [0.15, 0.2) is 0 Å². The van der Waals surface area contributed by atoms with Crippen LogP contribution in [0.5, 0.6) is 0 Å². The molecule has 1 unspecified atom stereocenters. The molecule has 0 aliphatic heterocycles. The van der Waals surface area contributed by atoms with E-state index in [0.717, 1.165) is 18.9 Å². The largest absolute Gasteiger partial charge is 0.310 e. The summed E-state index contributed by atoms with van der Waals surface area (Å²) in [5, 5.41) is 3.38. The quantitative estimate of drug-likeness (QED) is 0.823. The minimum Gasteiger partial charge on any atom is -0.310 e. The molecule has 0 amide bonds. The van der Waals surface area contributed by atoms with Gasteiger partial charge in [-0.2, -0.15) is 0 Å². The van der Waals surface area contributed by atoms with E-state index in [1.54, 1.807) is 12.4 Å². The maximum absolute atomic E-state index is 4.16. The lowest BCUT2D eigenvalue weighted by Crippen LogP contribution is -2.29. The second kappa shape index (κ2) is 5.21. The van der Waals surface area contributed by atoms with E-state index in [0.29, 0.717) is 11.3 Å². The third-order valence-electron chi connectivity index (χ3n) is 2.83.